The zero-order valence-electron chi connectivity index (χ0n) is 17.3. The van der Waals surface area contributed by atoms with E-state index < -0.39 is 0 Å². The van der Waals surface area contributed by atoms with Crippen molar-refractivity contribution in [2.45, 2.75) is 44.9 Å². The van der Waals surface area contributed by atoms with E-state index in [2.05, 4.69) is 20.2 Å². The van der Waals surface area contributed by atoms with E-state index in [4.69, 9.17) is 4.98 Å². The largest absolute Gasteiger partial charge is 0.339 e. The molecular weight excluding hydrogens is 400 g/mol. The molecule has 2 saturated heterocycles. The summed E-state index contributed by atoms with van der Waals surface area (Å²) in [5.74, 6) is 0.935. The Balaban J connectivity index is 1.37. The second-order valence-corrected chi connectivity index (χ2v) is 8.93. The number of anilines is 1. The Morgan fingerprint density at radius 2 is 2.00 bits per heavy atom. The molecule has 2 aromatic rings. The molecule has 2 aromatic heterocycles. The molecule has 0 radical (unpaired) electrons. The zero-order chi connectivity index (χ0) is 20.9. The third-order valence-corrected chi connectivity index (χ3v) is 6.48. The fraction of sp³-hybridized carbons (Fsp3) is 0.571. The van der Waals surface area contributed by atoms with Crippen molar-refractivity contribution in [3.8, 4) is 0 Å². The number of amides is 2. The minimum absolute atomic E-state index is 0.0443. The third kappa shape index (κ3) is 5.02. The van der Waals surface area contributed by atoms with Gasteiger partial charge in [0, 0.05) is 43.3 Å². The summed E-state index contributed by atoms with van der Waals surface area (Å²) in [4.78, 5) is 42.5. The van der Waals surface area contributed by atoms with Crippen molar-refractivity contribution in [1.82, 2.24) is 24.8 Å². The number of thiazole rings is 1. The van der Waals surface area contributed by atoms with Crippen LogP contribution in [0.2, 0.25) is 0 Å². The average Bonchev–Trinajstić information content (AvgIpc) is 3.27. The molecule has 9 heteroatoms. The van der Waals surface area contributed by atoms with Gasteiger partial charge in [0.1, 0.15) is 5.82 Å². The van der Waals surface area contributed by atoms with Gasteiger partial charge < -0.3 is 10.2 Å². The van der Waals surface area contributed by atoms with Crippen LogP contribution in [0, 0.1) is 6.92 Å². The highest BCUT2D eigenvalue weighted by Crippen LogP contribution is 2.25. The summed E-state index contributed by atoms with van der Waals surface area (Å²) in [5, 5.41) is 5.30. The van der Waals surface area contributed by atoms with Crippen molar-refractivity contribution >= 4 is 28.3 Å². The van der Waals surface area contributed by atoms with Crippen LogP contribution in [0.3, 0.4) is 0 Å². The molecule has 8 nitrogen and oxygen atoms in total. The van der Waals surface area contributed by atoms with Crippen LogP contribution in [0.15, 0.2) is 17.8 Å². The molecular formula is C21H28N6O2S. The predicted octanol–water partition coefficient (Wildman–Crippen LogP) is 2.69. The van der Waals surface area contributed by atoms with E-state index in [9.17, 15) is 9.59 Å². The number of hydrogen-bond donors (Lipinski definition) is 1. The molecule has 2 aliphatic rings. The van der Waals surface area contributed by atoms with Crippen LogP contribution >= 0.6 is 11.3 Å². The smallest absolute Gasteiger partial charge is 0.257 e. The van der Waals surface area contributed by atoms with Gasteiger partial charge in [-0.2, -0.15) is 0 Å². The zero-order valence-corrected chi connectivity index (χ0v) is 18.2. The molecule has 2 fully saturated rings. The normalized spacial score (nSPS) is 20.2. The quantitative estimate of drug-likeness (QED) is 0.787. The summed E-state index contributed by atoms with van der Waals surface area (Å²) >= 11 is 1.41. The van der Waals surface area contributed by atoms with Crippen molar-refractivity contribution in [2.75, 3.05) is 38.0 Å². The van der Waals surface area contributed by atoms with Gasteiger partial charge in [-0.25, -0.2) is 15.0 Å². The number of carbonyl (C=O) groups excluding carboxylic acids is 2. The van der Waals surface area contributed by atoms with E-state index in [1.807, 2.05) is 17.2 Å². The minimum atomic E-state index is -0.0508. The van der Waals surface area contributed by atoms with Crippen molar-refractivity contribution in [3.63, 3.8) is 0 Å². The summed E-state index contributed by atoms with van der Waals surface area (Å²) in [6, 6.07) is 0. The van der Waals surface area contributed by atoms with Crippen LogP contribution in [0.1, 0.15) is 59.9 Å². The van der Waals surface area contributed by atoms with Crippen LogP contribution in [-0.4, -0.2) is 69.3 Å². The Morgan fingerprint density at radius 3 is 2.73 bits per heavy atom. The van der Waals surface area contributed by atoms with Crippen molar-refractivity contribution < 1.29 is 9.59 Å². The Kier molecular flexibility index (Phi) is 6.69. The molecule has 0 aliphatic carbocycles. The molecule has 0 spiro atoms. The summed E-state index contributed by atoms with van der Waals surface area (Å²) in [7, 11) is 0. The summed E-state index contributed by atoms with van der Waals surface area (Å²) in [6.07, 6.45) is 8.68. The number of aromatic nitrogens is 3. The lowest BCUT2D eigenvalue weighted by molar-refractivity contribution is -0.117. The fourth-order valence-electron chi connectivity index (χ4n) is 4.22. The van der Waals surface area contributed by atoms with E-state index in [0.717, 1.165) is 63.4 Å². The standard InChI is InChI=1S/C21H28N6O2S/c1-15-17(20(29)27-9-3-2-4-10-27)12-23-19(24-15)16-6-5-8-26(13-16)14-18(28)25-21-22-7-11-30-21/h7,11-12,16H,2-6,8-10,13-14H2,1H3,(H,22,25,28)/t16-/m1/s1. The van der Waals surface area contributed by atoms with E-state index in [0.29, 0.717) is 17.2 Å². The van der Waals surface area contributed by atoms with Gasteiger partial charge in [-0.3, -0.25) is 14.5 Å². The number of hydrogen-bond acceptors (Lipinski definition) is 7. The van der Waals surface area contributed by atoms with E-state index in [1.165, 1.54) is 17.8 Å². The highest BCUT2D eigenvalue weighted by atomic mass is 32.1. The van der Waals surface area contributed by atoms with Crippen LogP contribution in [0.5, 0.6) is 0 Å². The van der Waals surface area contributed by atoms with E-state index in [-0.39, 0.29) is 17.7 Å². The van der Waals surface area contributed by atoms with Crippen molar-refractivity contribution in [1.29, 1.82) is 0 Å². The molecule has 4 heterocycles. The lowest BCUT2D eigenvalue weighted by atomic mass is 9.97. The molecule has 0 unspecified atom stereocenters. The monoisotopic (exact) mass is 428 g/mol. The number of rotatable bonds is 5. The number of piperidine rings is 2. The van der Waals surface area contributed by atoms with Gasteiger partial charge in [-0.1, -0.05) is 0 Å². The topological polar surface area (TPSA) is 91.3 Å². The highest BCUT2D eigenvalue weighted by Gasteiger charge is 2.27. The molecule has 0 saturated carbocycles. The van der Waals surface area contributed by atoms with Crippen molar-refractivity contribution in [3.05, 3.63) is 34.9 Å². The van der Waals surface area contributed by atoms with E-state index >= 15 is 0 Å². The summed E-state index contributed by atoms with van der Waals surface area (Å²) in [5.41, 5.74) is 1.35. The molecule has 0 bridgehead atoms. The maximum atomic E-state index is 12.8. The van der Waals surface area contributed by atoms with Gasteiger partial charge in [0.2, 0.25) is 5.91 Å². The van der Waals surface area contributed by atoms with Crippen molar-refractivity contribution in [2.24, 2.45) is 0 Å². The number of likely N-dealkylation sites (tertiary alicyclic amines) is 2. The first-order valence-electron chi connectivity index (χ1n) is 10.6. The minimum Gasteiger partial charge on any atom is -0.339 e. The first-order valence-corrected chi connectivity index (χ1v) is 11.5. The first-order chi connectivity index (χ1) is 14.6. The van der Waals surface area contributed by atoms with Gasteiger partial charge in [-0.15, -0.1) is 11.3 Å². The number of nitrogens with one attached hydrogen (secondary N) is 1. The molecule has 1 N–H and O–H groups in total. The summed E-state index contributed by atoms with van der Waals surface area (Å²) < 4.78 is 0. The van der Waals surface area contributed by atoms with Gasteiger partial charge in [0.05, 0.1) is 17.8 Å². The predicted molar refractivity (Wildman–Crippen MR) is 116 cm³/mol. The maximum Gasteiger partial charge on any atom is 0.257 e. The molecule has 4 rings (SSSR count). The molecule has 2 aliphatic heterocycles. The highest BCUT2D eigenvalue weighted by molar-refractivity contribution is 7.13. The Labute approximate surface area is 180 Å². The molecule has 1 atom stereocenters. The van der Waals surface area contributed by atoms with Gasteiger partial charge >= 0.3 is 0 Å². The first kappa shape index (κ1) is 20.9. The maximum absolute atomic E-state index is 12.8. The van der Waals surface area contributed by atoms with Crippen LogP contribution in [0.4, 0.5) is 5.13 Å². The molecule has 0 aromatic carbocycles. The Morgan fingerprint density at radius 1 is 1.17 bits per heavy atom. The number of aryl methyl sites for hydroxylation is 1. The van der Waals surface area contributed by atoms with Crippen LogP contribution in [0.25, 0.3) is 0 Å². The average molecular weight is 429 g/mol. The second-order valence-electron chi connectivity index (χ2n) is 8.04. The fourth-order valence-corrected chi connectivity index (χ4v) is 4.76. The van der Waals surface area contributed by atoms with E-state index in [1.54, 1.807) is 12.4 Å². The van der Waals surface area contributed by atoms with Gasteiger partial charge in [-0.05, 0) is 45.6 Å². The number of carbonyl (C=O) groups is 2. The van der Waals surface area contributed by atoms with Gasteiger partial charge in [0.15, 0.2) is 5.13 Å². The second kappa shape index (κ2) is 9.61. The Bertz CT molecular complexity index is 882. The SMILES string of the molecule is Cc1nc([C@@H]2CCCN(CC(=O)Nc3nccs3)C2)ncc1C(=O)N1CCCCC1. The van der Waals surface area contributed by atoms with Gasteiger partial charge in [0.25, 0.3) is 5.91 Å². The molecule has 30 heavy (non-hydrogen) atoms. The lowest BCUT2D eigenvalue weighted by Gasteiger charge is -2.31. The summed E-state index contributed by atoms with van der Waals surface area (Å²) in [6.45, 7) is 5.49. The number of nitrogens with zero attached hydrogens (tertiary/aromatic N) is 5. The van der Waals surface area contributed by atoms with Crippen LogP contribution in [-0.2, 0) is 4.79 Å². The third-order valence-electron chi connectivity index (χ3n) is 5.79. The molecule has 160 valence electrons. The Hall–Kier alpha value is -2.39. The lowest BCUT2D eigenvalue weighted by Crippen LogP contribution is -2.40. The molecule has 2 amide bonds. The van der Waals surface area contributed by atoms with Crippen LogP contribution < -0.4 is 5.32 Å².